The van der Waals surface area contributed by atoms with Crippen LogP contribution in [0.4, 0.5) is 0 Å². The first-order chi connectivity index (χ1) is 10.1. The second kappa shape index (κ2) is 7.46. The van der Waals surface area contributed by atoms with Crippen LogP contribution < -0.4 is 4.74 Å². The Kier molecular flexibility index (Phi) is 5.62. The van der Waals surface area contributed by atoms with Crippen LogP contribution in [0.15, 0.2) is 24.3 Å². The zero-order valence-corrected chi connectivity index (χ0v) is 12.9. The molecule has 1 saturated heterocycles. The number of hydrogen-bond donors (Lipinski definition) is 1. The molecule has 1 heterocycles. The van der Waals surface area contributed by atoms with E-state index in [0.717, 1.165) is 38.1 Å². The van der Waals surface area contributed by atoms with Crippen LogP contribution >= 0.6 is 0 Å². The van der Waals surface area contributed by atoms with Crippen LogP contribution in [0.3, 0.4) is 0 Å². The highest BCUT2D eigenvalue weighted by molar-refractivity contribution is 5.70. The Bertz CT molecular complexity index is 458. The van der Waals surface area contributed by atoms with Gasteiger partial charge in [0.2, 0.25) is 0 Å². The van der Waals surface area contributed by atoms with Crippen molar-refractivity contribution in [2.45, 2.75) is 45.8 Å². The average molecular weight is 291 g/mol. The van der Waals surface area contributed by atoms with Crippen molar-refractivity contribution in [1.29, 1.82) is 0 Å². The van der Waals surface area contributed by atoms with Gasteiger partial charge in [-0.3, -0.25) is 9.69 Å². The van der Waals surface area contributed by atoms with Gasteiger partial charge in [-0.2, -0.15) is 0 Å². The number of rotatable bonds is 6. The van der Waals surface area contributed by atoms with Crippen molar-refractivity contribution in [2.24, 2.45) is 5.92 Å². The number of carboxylic acid groups (broad SMARTS) is 1. The number of ether oxygens (including phenoxy) is 1. The van der Waals surface area contributed by atoms with Gasteiger partial charge in [0.05, 0.1) is 12.0 Å². The van der Waals surface area contributed by atoms with Crippen LogP contribution in [0.2, 0.25) is 0 Å². The molecule has 1 fully saturated rings. The van der Waals surface area contributed by atoms with Gasteiger partial charge in [-0.15, -0.1) is 0 Å². The van der Waals surface area contributed by atoms with E-state index in [2.05, 4.69) is 30.9 Å². The van der Waals surface area contributed by atoms with E-state index in [0.29, 0.717) is 6.54 Å². The fourth-order valence-corrected chi connectivity index (χ4v) is 2.65. The minimum Gasteiger partial charge on any atom is -0.491 e. The maximum Gasteiger partial charge on any atom is 0.307 e. The number of carbonyl (C=O) groups is 1. The molecule has 0 spiro atoms. The van der Waals surface area contributed by atoms with Crippen LogP contribution in [0, 0.1) is 5.92 Å². The molecule has 21 heavy (non-hydrogen) atoms. The number of carboxylic acids is 1. The first-order valence-electron chi connectivity index (χ1n) is 7.79. The normalized spacial score (nSPS) is 21.0. The SMILES string of the molecule is CCC(C)Oc1ccc(CN2CCCC(C(=O)O)C2)cc1. The monoisotopic (exact) mass is 291 g/mol. The van der Waals surface area contributed by atoms with Crippen LogP contribution in [-0.4, -0.2) is 35.2 Å². The lowest BCUT2D eigenvalue weighted by molar-refractivity contribution is -0.143. The van der Waals surface area contributed by atoms with Crippen LogP contribution in [0.1, 0.15) is 38.7 Å². The van der Waals surface area contributed by atoms with Gasteiger partial charge < -0.3 is 9.84 Å². The third kappa shape index (κ3) is 4.74. The molecule has 0 saturated carbocycles. The van der Waals surface area contributed by atoms with Crippen LogP contribution in [0.25, 0.3) is 0 Å². The largest absolute Gasteiger partial charge is 0.491 e. The fourth-order valence-electron chi connectivity index (χ4n) is 2.65. The van der Waals surface area contributed by atoms with E-state index in [-0.39, 0.29) is 12.0 Å². The lowest BCUT2D eigenvalue weighted by Gasteiger charge is -2.30. The molecule has 2 unspecified atom stereocenters. The van der Waals surface area contributed by atoms with Crippen molar-refractivity contribution >= 4 is 5.97 Å². The average Bonchev–Trinajstić information content (AvgIpc) is 2.49. The van der Waals surface area contributed by atoms with Gasteiger partial charge in [-0.05, 0) is 50.4 Å². The van der Waals surface area contributed by atoms with Gasteiger partial charge in [0.15, 0.2) is 0 Å². The van der Waals surface area contributed by atoms with Gasteiger partial charge in [0, 0.05) is 13.1 Å². The summed E-state index contributed by atoms with van der Waals surface area (Å²) in [6, 6.07) is 8.14. The quantitative estimate of drug-likeness (QED) is 0.874. The van der Waals surface area contributed by atoms with E-state index in [1.807, 2.05) is 12.1 Å². The highest BCUT2D eigenvalue weighted by Gasteiger charge is 2.25. The summed E-state index contributed by atoms with van der Waals surface area (Å²) in [4.78, 5) is 13.3. The Labute approximate surface area is 126 Å². The number of likely N-dealkylation sites (tertiary alicyclic amines) is 1. The van der Waals surface area contributed by atoms with E-state index < -0.39 is 5.97 Å². The Balaban J connectivity index is 1.89. The zero-order chi connectivity index (χ0) is 15.2. The molecular weight excluding hydrogens is 266 g/mol. The second-order valence-electron chi connectivity index (χ2n) is 5.89. The van der Waals surface area contributed by atoms with E-state index in [4.69, 9.17) is 9.84 Å². The topological polar surface area (TPSA) is 49.8 Å². The summed E-state index contributed by atoms with van der Waals surface area (Å²) in [6.45, 7) is 6.62. The molecule has 0 amide bonds. The van der Waals surface area contributed by atoms with Crippen molar-refractivity contribution in [2.75, 3.05) is 13.1 Å². The lowest BCUT2D eigenvalue weighted by atomic mass is 9.98. The number of hydrogen-bond acceptors (Lipinski definition) is 3. The standard InChI is InChI=1S/C17H25NO3/c1-3-13(2)21-16-8-6-14(7-9-16)11-18-10-4-5-15(12-18)17(19)20/h6-9,13,15H,3-5,10-12H2,1-2H3,(H,19,20). The molecule has 0 bridgehead atoms. The summed E-state index contributed by atoms with van der Waals surface area (Å²) in [6.07, 6.45) is 2.99. The summed E-state index contributed by atoms with van der Waals surface area (Å²) >= 11 is 0. The molecule has 2 atom stereocenters. The van der Waals surface area contributed by atoms with Crippen molar-refractivity contribution in [3.8, 4) is 5.75 Å². The summed E-state index contributed by atoms with van der Waals surface area (Å²) in [5.41, 5.74) is 1.21. The van der Waals surface area contributed by atoms with E-state index >= 15 is 0 Å². The minimum absolute atomic E-state index is 0.216. The Morgan fingerprint density at radius 3 is 2.76 bits per heavy atom. The van der Waals surface area contributed by atoms with Crippen molar-refractivity contribution in [3.63, 3.8) is 0 Å². The molecule has 1 aliphatic heterocycles. The van der Waals surface area contributed by atoms with E-state index in [9.17, 15) is 4.79 Å². The van der Waals surface area contributed by atoms with Crippen molar-refractivity contribution < 1.29 is 14.6 Å². The molecule has 1 aliphatic rings. The highest BCUT2D eigenvalue weighted by atomic mass is 16.5. The van der Waals surface area contributed by atoms with Gasteiger partial charge >= 0.3 is 5.97 Å². The molecule has 4 heteroatoms. The van der Waals surface area contributed by atoms with Gasteiger partial charge in [0.1, 0.15) is 5.75 Å². The summed E-state index contributed by atoms with van der Waals surface area (Å²) < 4.78 is 5.77. The molecule has 4 nitrogen and oxygen atoms in total. The molecular formula is C17H25NO3. The zero-order valence-electron chi connectivity index (χ0n) is 12.9. The van der Waals surface area contributed by atoms with Gasteiger partial charge in [-0.25, -0.2) is 0 Å². The molecule has 1 aromatic rings. The number of benzene rings is 1. The lowest BCUT2D eigenvalue weighted by Crippen LogP contribution is -2.38. The third-order valence-electron chi connectivity index (χ3n) is 4.10. The second-order valence-corrected chi connectivity index (χ2v) is 5.89. The fraction of sp³-hybridized carbons (Fsp3) is 0.588. The number of aliphatic carboxylic acids is 1. The molecule has 1 N–H and O–H groups in total. The molecule has 0 radical (unpaired) electrons. The molecule has 1 aromatic carbocycles. The summed E-state index contributed by atoms with van der Waals surface area (Å²) in [7, 11) is 0. The van der Waals surface area contributed by atoms with Crippen molar-refractivity contribution in [3.05, 3.63) is 29.8 Å². The van der Waals surface area contributed by atoms with E-state index in [1.165, 1.54) is 5.56 Å². The predicted molar refractivity (Wildman–Crippen MR) is 82.5 cm³/mol. The first-order valence-corrected chi connectivity index (χ1v) is 7.79. The van der Waals surface area contributed by atoms with Crippen LogP contribution in [-0.2, 0) is 11.3 Å². The smallest absolute Gasteiger partial charge is 0.307 e. The maximum absolute atomic E-state index is 11.1. The van der Waals surface area contributed by atoms with E-state index in [1.54, 1.807) is 0 Å². The Morgan fingerprint density at radius 2 is 2.14 bits per heavy atom. The predicted octanol–water partition coefficient (Wildman–Crippen LogP) is 3.16. The summed E-state index contributed by atoms with van der Waals surface area (Å²) in [5, 5.41) is 9.12. The maximum atomic E-state index is 11.1. The highest BCUT2D eigenvalue weighted by Crippen LogP contribution is 2.20. The number of nitrogens with zero attached hydrogens (tertiary/aromatic N) is 1. The van der Waals surface area contributed by atoms with Crippen molar-refractivity contribution in [1.82, 2.24) is 4.90 Å². The molecule has 116 valence electrons. The number of piperidine rings is 1. The van der Waals surface area contributed by atoms with Crippen LogP contribution in [0.5, 0.6) is 5.75 Å². The molecule has 0 aromatic heterocycles. The summed E-state index contributed by atoms with van der Waals surface area (Å²) in [5.74, 6) is 0.0129. The van der Waals surface area contributed by atoms with Gasteiger partial charge in [0.25, 0.3) is 0 Å². The minimum atomic E-state index is -0.669. The first kappa shape index (κ1) is 15.8. The Hall–Kier alpha value is -1.55. The Morgan fingerprint density at radius 1 is 1.43 bits per heavy atom. The molecule has 0 aliphatic carbocycles. The van der Waals surface area contributed by atoms with Gasteiger partial charge in [-0.1, -0.05) is 19.1 Å². The molecule has 2 rings (SSSR count). The third-order valence-corrected chi connectivity index (χ3v) is 4.10.